The highest BCUT2D eigenvalue weighted by atomic mass is 35.5. The molecular weight excluding hydrogens is 393 g/mol. The maximum absolute atomic E-state index is 13.4. The first kappa shape index (κ1) is 19.0. The van der Waals surface area contributed by atoms with Crippen molar-refractivity contribution in [2.75, 3.05) is 12.4 Å². The lowest BCUT2D eigenvalue weighted by Crippen LogP contribution is -2.00. The van der Waals surface area contributed by atoms with Crippen LogP contribution in [-0.2, 0) is 6.61 Å². The van der Waals surface area contributed by atoms with Crippen molar-refractivity contribution in [3.63, 3.8) is 0 Å². The molecule has 0 radical (unpaired) electrons. The number of hydrogen-bond donors (Lipinski definition) is 1. The Balaban J connectivity index is 1.69. The Kier molecular flexibility index (Phi) is 5.44. The maximum atomic E-state index is 13.4. The van der Waals surface area contributed by atoms with Gasteiger partial charge in [0.15, 0.2) is 11.5 Å². The van der Waals surface area contributed by atoms with Gasteiger partial charge in [-0.25, -0.2) is 14.4 Å². The van der Waals surface area contributed by atoms with Crippen LogP contribution in [0, 0.1) is 5.82 Å². The molecule has 1 N–H and O–H groups in total. The number of anilines is 2. The van der Waals surface area contributed by atoms with Gasteiger partial charge in [-0.15, -0.1) is 0 Å². The van der Waals surface area contributed by atoms with E-state index in [1.54, 1.807) is 19.2 Å². The fourth-order valence-electron chi connectivity index (χ4n) is 2.88. The summed E-state index contributed by atoms with van der Waals surface area (Å²) in [5.74, 6) is 1.21. The molecule has 0 bridgehead atoms. The van der Waals surface area contributed by atoms with Crippen molar-refractivity contribution in [1.29, 1.82) is 0 Å². The monoisotopic (exact) mass is 409 g/mol. The minimum absolute atomic E-state index is 0.0296. The minimum Gasteiger partial charge on any atom is -0.493 e. The van der Waals surface area contributed by atoms with Crippen molar-refractivity contribution in [2.45, 2.75) is 6.61 Å². The van der Waals surface area contributed by atoms with Crippen molar-refractivity contribution < 1.29 is 13.9 Å². The van der Waals surface area contributed by atoms with Gasteiger partial charge in [-0.05, 0) is 29.8 Å². The van der Waals surface area contributed by atoms with Crippen LogP contribution in [0.4, 0.5) is 15.9 Å². The van der Waals surface area contributed by atoms with Gasteiger partial charge in [-0.3, -0.25) is 0 Å². The Morgan fingerprint density at radius 2 is 1.83 bits per heavy atom. The lowest BCUT2D eigenvalue weighted by atomic mass is 10.2. The highest BCUT2D eigenvalue weighted by molar-refractivity contribution is 6.31. The average molecular weight is 410 g/mol. The van der Waals surface area contributed by atoms with Gasteiger partial charge >= 0.3 is 0 Å². The number of rotatable bonds is 6. The molecule has 0 aliphatic heterocycles. The van der Waals surface area contributed by atoms with Crippen LogP contribution in [0.15, 0.2) is 67.0 Å². The average Bonchev–Trinajstić information content (AvgIpc) is 2.75. The summed E-state index contributed by atoms with van der Waals surface area (Å²) in [5, 5.41) is 3.92. The van der Waals surface area contributed by atoms with Gasteiger partial charge in [0.05, 0.1) is 17.6 Å². The summed E-state index contributed by atoms with van der Waals surface area (Å²) in [7, 11) is 1.58. The summed E-state index contributed by atoms with van der Waals surface area (Å²) in [6.07, 6.45) is 1.44. The SMILES string of the molecule is COc1cc2ncnc(Nc3ccc(F)c(Cl)c3)c2cc1OCc1ccccc1. The molecule has 5 nitrogen and oxygen atoms in total. The molecule has 3 aromatic carbocycles. The van der Waals surface area contributed by atoms with E-state index in [0.29, 0.717) is 35.1 Å². The molecule has 0 saturated carbocycles. The molecule has 0 aliphatic carbocycles. The molecule has 0 spiro atoms. The van der Waals surface area contributed by atoms with Gasteiger partial charge < -0.3 is 14.8 Å². The van der Waals surface area contributed by atoms with Crippen LogP contribution in [0.25, 0.3) is 10.9 Å². The van der Waals surface area contributed by atoms with Crippen LogP contribution in [0.1, 0.15) is 5.56 Å². The first-order valence-electron chi connectivity index (χ1n) is 8.85. The van der Waals surface area contributed by atoms with Gasteiger partial charge in [0.1, 0.15) is 24.6 Å². The number of fused-ring (bicyclic) bond motifs is 1. The zero-order chi connectivity index (χ0) is 20.2. The molecule has 1 heterocycles. The molecular formula is C22H17ClFN3O2. The minimum atomic E-state index is -0.480. The Morgan fingerprint density at radius 1 is 1.00 bits per heavy atom. The molecule has 0 fully saturated rings. The Bertz CT molecular complexity index is 1160. The van der Waals surface area contributed by atoms with Crippen LogP contribution >= 0.6 is 11.6 Å². The molecule has 0 saturated heterocycles. The first-order valence-corrected chi connectivity index (χ1v) is 9.23. The van der Waals surface area contributed by atoms with E-state index in [-0.39, 0.29) is 5.02 Å². The van der Waals surface area contributed by atoms with E-state index >= 15 is 0 Å². The van der Waals surface area contributed by atoms with Gasteiger partial charge in [-0.2, -0.15) is 0 Å². The third kappa shape index (κ3) is 4.22. The number of benzene rings is 3. The molecule has 146 valence electrons. The summed E-state index contributed by atoms with van der Waals surface area (Å²) in [6.45, 7) is 0.396. The highest BCUT2D eigenvalue weighted by Crippen LogP contribution is 2.35. The van der Waals surface area contributed by atoms with E-state index in [1.807, 2.05) is 36.4 Å². The molecule has 4 rings (SSSR count). The van der Waals surface area contributed by atoms with Crippen LogP contribution in [0.5, 0.6) is 11.5 Å². The summed E-state index contributed by atoms with van der Waals surface area (Å²) in [5.41, 5.74) is 2.33. The van der Waals surface area contributed by atoms with E-state index in [0.717, 1.165) is 10.9 Å². The van der Waals surface area contributed by atoms with E-state index in [2.05, 4.69) is 15.3 Å². The topological polar surface area (TPSA) is 56.3 Å². The molecule has 0 atom stereocenters. The van der Waals surface area contributed by atoms with Crippen molar-refractivity contribution in [1.82, 2.24) is 9.97 Å². The fraction of sp³-hybridized carbons (Fsp3) is 0.0909. The molecule has 4 aromatic rings. The first-order chi connectivity index (χ1) is 14.1. The zero-order valence-electron chi connectivity index (χ0n) is 15.5. The van der Waals surface area contributed by atoms with E-state index in [9.17, 15) is 4.39 Å². The third-order valence-corrected chi connectivity index (χ3v) is 4.63. The number of nitrogens with zero attached hydrogens (tertiary/aromatic N) is 2. The molecule has 0 aliphatic rings. The van der Waals surface area contributed by atoms with Gasteiger partial charge in [0, 0.05) is 17.1 Å². The van der Waals surface area contributed by atoms with Crippen LogP contribution in [0.2, 0.25) is 5.02 Å². The highest BCUT2D eigenvalue weighted by Gasteiger charge is 2.13. The second-order valence-corrected chi connectivity index (χ2v) is 6.68. The maximum Gasteiger partial charge on any atom is 0.162 e. The number of hydrogen-bond acceptors (Lipinski definition) is 5. The number of nitrogens with one attached hydrogen (secondary N) is 1. The fourth-order valence-corrected chi connectivity index (χ4v) is 3.06. The van der Waals surface area contributed by atoms with E-state index < -0.39 is 5.82 Å². The Hall–Kier alpha value is -3.38. The largest absolute Gasteiger partial charge is 0.493 e. The Morgan fingerprint density at radius 3 is 2.59 bits per heavy atom. The normalized spacial score (nSPS) is 10.7. The molecule has 7 heteroatoms. The van der Waals surface area contributed by atoms with Crippen molar-refractivity contribution in [3.8, 4) is 11.5 Å². The molecule has 0 amide bonds. The standard InChI is InChI=1S/C22H17ClFN3O2/c1-28-20-11-19-16(10-21(20)29-12-14-5-3-2-4-6-14)22(26-13-25-19)27-15-7-8-18(24)17(23)9-15/h2-11,13H,12H2,1H3,(H,25,26,27). The lowest BCUT2D eigenvalue weighted by Gasteiger charge is -2.14. The lowest BCUT2D eigenvalue weighted by molar-refractivity contribution is 0.285. The van der Waals surface area contributed by atoms with Crippen LogP contribution in [-0.4, -0.2) is 17.1 Å². The summed E-state index contributed by atoms with van der Waals surface area (Å²) < 4.78 is 24.9. The van der Waals surface area contributed by atoms with E-state index in [1.165, 1.54) is 18.5 Å². The molecule has 29 heavy (non-hydrogen) atoms. The number of ether oxygens (including phenoxy) is 2. The smallest absolute Gasteiger partial charge is 0.162 e. The Labute approximate surface area is 172 Å². The van der Waals surface area contributed by atoms with E-state index in [4.69, 9.17) is 21.1 Å². The summed E-state index contributed by atoms with van der Waals surface area (Å²) >= 11 is 5.88. The quantitative estimate of drug-likeness (QED) is 0.439. The number of halogens is 2. The van der Waals surface area contributed by atoms with Crippen LogP contribution in [0.3, 0.4) is 0 Å². The second-order valence-electron chi connectivity index (χ2n) is 6.27. The summed E-state index contributed by atoms with van der Waals surface area (Å²) in [4.78, 5) is 8.62. The summed E-state index contributed by atoms with van der Waals surface area (Å²) in [6, 6.07) is 17.9. The number of methoxy groups -OCH3 is 1. The zero-order valence-corrected chi connectivity index (χ0v) is 16.3. The predicted octanol–water partition coefficient (Wildman–Crippen LogP) is 5.75. The third-order valence-electron chi connectivity index (χ3n) is 4.34. The van der Waals surface area contributed by atoms with Crippen molar-refractivity contribution in [3.05, 3.63) is 83.4 Å². The second kappa shape index (κ2) is 8.32. The number of aromatic nitrogens is 2. The van der Waals surface area contributed by atoms with Gasteiger partial charge in [0.2, 0.25) is 0 Å². The molecule has 1 aromatic heterocycles. The van der Waals surface area contributed by atoms with Gasteiger partial charge in [0.25, 0.3) is 0 Å². The molecule has 0 unspecified atom stereocenters. The van der Waals surface area contributed by atoms with Crippen molar-refractivity contribution >= 4 is 34.0 Å². The predicted molar refractivity (Wildman–Crippen MR) is 112 cm³/mol. The van der Waals surface area contributed by atoms with Gasteiger partial charge in [-0.1, -0.05) is 41.9 Å². The van der Waals surface area contributed by atoms with Crippen molar-refractivity contribution in [2.24, 2.45) is 0 Å². The van der Waals surface area contributed by atoms with Crippen LogP contribution < -0.4 is 14.8 Å².